The summed E-state index contributed by atoms with van der Waals surface area (Å²) in [5.74, 6) is -0.401. The van der Waals surface area contributed by atoms with E-state index in [2.05, 4.69) is 5.32 Å². The van der Waals surface area contributed by atoms with E-state index in [0.29, 0.717) is 18.8 Å². The average molecular weight is 218 g/mol. The fraction of sp³-hybridized carbons (Fsp3) is 0.400. The predicted octanol–water partition coefficient (Wildman–Crippen LogP) is 2.22. The van der Waals surface area contributed by atoms with Crippen LogP contribution in [0, 0.1) is 5.82 Å². The molecule has 0 aliphatic carbocycles. The number of ether oxygens (including phenoxy) is 1. The van der Waals surface area contributed by atoms with Crippen LogP contribution >= 0.6 is 11.6 Å². The molecule has 1 N–H and O–H groups in total. The molecule has 4 heteroatoms. The van der Waals surface area contributed by atoms with Gasteiger partial charge < -0.3 is 10.1 Å². The van der Waals surface area contributed by atoms with E-state index in [1.165, 1.54) is 6.07 Å². The molecule has 0 radical (unpaired) electrons. The van der Waals surface area contributed by atoms with Crippen molar-refractivity contribution in [1.29, 1.82) is 0 Å². The summed E-state index contributed by atoms with van der Waals surface area (Å²) < 4.78 is 18.2. The molecule has 2 nitrogen and oxygen atoms in total. The second-order valence-electron chi connectivity index (χ2n) is 2.87. The smallest absolute Gasteiger partial charge is 0.142 e. The molecule has 1 aromatic rings. The third-order valence-corrected chi connectivity index (χ3v) is 2.21. The molecule has 0 aromatic heterocycles. The van der Waals surface area contributed by atoms with Crippen molar-refractivity contribution in [3.05, 3.63) is 34.6 Å². The van der Waals surface area contributed by atoms with Gasteiger partial charge in [0.05, 0.1) is 18.2 Å². The molecule has 1 rings (SSSR count). The molecule has 0 spiro atoms. The van der Waals surface area contributed by atoms with E-state index in [1.54, 1.807) is 12.1 Å². The van der Waals surface area contributed by atoms with Gasteiger partial charge in [-0.25, -0.2) is 4.39 Å². The van der Waals surface area contributed by atoms with Crippen LogP contribution < -0.4 is 5.32 Å². The van der Waals surface area contributed by atoms with Crippen LogP contribution in [0.2, 0.25) is 5.02 Å². The fourth-order valence-electron chi connectivity index (χ4n) is 1.02. The van der Waals surface area contributed by atoms with Crippen LogP contribution in [0.1, 0.15) is 5.56 Å². The molecule has 0 atom stereocenters. The highest BCUT2D eigenvalue weighted by Gasteiger charge is 2.04. The Bertz CT molecular complexity index is 293. The largest absolute Gasteiger partial charge is 0.375 e. The summed E-state index contributed by atoms with van der Waals surface area (Å²) in [6, 6.07) is 4.71. The van der Waals surface area contributed by atoms with Crippen LogP contribution in [-0.4, -0.2) is 20.2 Å². The highest BCUT2D eigenvalue weighted by molar-refractivity contribution is 6.31. The minimum atomic E-state index is -0.401. The first-order valence-electron chi connectivity index (χ1n) is 4.41. The number of rotatable bonds is 5. The Morgan fingerprint density at radius 3 is 3.00 bits per heavy atom. The van der Waals surface area contributed by atoms with Gasteiger partial charge >= 0.3 is 0 Å². The van der Waals surface area contributed by atoms with Crippen LogP contribution in [0.5, 0.6) is 0 Å². The van der Waals surface area contributed by atoms with E-state index in [4.69, 9.17) is 16.3 Å². The van der Waals surface area contributed by atoms with E-state index in [9.17, 15) is 4.39 Å². The van der Waals surface area contributed by atoms with E-state index >= 15 is 0 Å². The van der Waals surface area contributed by atoms with Crippen molar-refractivity contribution in [2.45, 2.75) is 6.61 Å². The Labute approximate surface area is 88.0 Å². The van der Waals surface area contributed by atoms with Gasteiger partial charge in [0, 0.05) is 6.54 Å². The average Bonchev–Trinajstić information content (AvgIpc) is 2.19. The highest BCUT2D eigenvalue weighted by Crippen LogP contribution is 2.19. The number of hydrogen-bond donors (Lipinski definition) is 1. The van der Waals surface area contributed by atoms with Crippen molar-refractivity contribution in [1.82, 2.24) is 5.32 Å². The van der Waals surface area contributed by atoms with E-state index in [-0.39, 0.29) is 5.02 Å². The zero-order valence-corrected chi connectivity index (χ0v) is 8.77. The second kappa shape index (κ2) is 5.96. The lowest BCUT2D eigenvalue weighted by Crippen LogP contribution is -2.14. The maximum atomic E-state index is 13.0. The van der Waals surface area contributed by atoms with Gasteiger partial charge in [0.15, 0.2) is 0 Å². The summed E-state index contributed by atoms with van der Waals surface area (Å²) >= 11 is 5.74. The van der Waals surface area contributed by atoms with Crippen LogP contribution in [0.25, 0.3) is 0 Å². The minimum absolute atomic E-state index is 0.150. The fourth-order valence-corrected chi connectivity index (χ4v) is 1.20. The molecule has 0 aliphatic rings. The topological polar surface area (TPSA) is 21.3 Å². The Balaban J connectivity index is 2.46. The molecule has 78 valence electrons. The molecular weight excluding hydrogens is 205 g/mol. The van der Waals surface area contributed by atoms with E-state index in [0.717, 1.165) is 6.54 Å². The quantitative estimate of drug-likeness (QED) is 0.764. The Morgan fingerprint density at radius 2 is 2.29 bits per heavy atom. The van der Waals surface area contributed by atoms with Crippen molar-refractivity contribution in [2.75, 3.05) is 20.2 Å². The third kappa shape index (κ3) is 3.25. The maximum absolute atomic E-state index is 13.0. The standard InChI is InChI=1S/C10H13ClFNO/c1-13-5-6-14-7-8-3-2-4-9(12)10(8)11/h2-4,13H,5-7H2,1H3. The molecular formula is C10H13ClFNO. The SMILES string of the molecule is CNCCOCc1cccc(F)c1Cl. The summed E-state index contributed by atoms with van der Waals surface area (Å²) in [7, 11) is 1.85. The Morgan fingerprint density at radius 1 is 1.50 bits per heavy atom. The van der Waals surface area contributed by atoms with E-state index < -0.39 is 5.82 Å². The maximum Gasteiger partial charge on any atom is 0.142 e. The molecule has 0 fully saturated rings. The zero-order valence-electron chi connectivity index (χ0n) is 8.02. The third-order valence-electron chi connectivity index (χ3n) is 1.79. The summed E-state index contributed by atoms with van der Waals surface area (Å²) in [4.78, 5) is 0. The van der Waals surface area contributed by atoms with Gasteiger partial charge in [0.2, 0.25) is 0 Å². The number of benzene rings is 1. The predicted molar refractivity (Wildman–Crippen MR) is 55.0 cm³/mol. The van der Waals surface area contributed by atoms with Crippen LogP contribution in [0.4, 0.5) is 4.39 Å². The molecule has 0 bridgehead atoms. The van der Waals surface area contributed by atoms with Gasteiger partial charge in [-0.3, -0.25) is 0 Å². The van der Waals surface area contributed by atoms with Crippen molar-refractivity contribution in [3.63, 3.8) is 0 Å². The lowest BCUT2D eigenvalue weighted by Gasteiger charge is -2.06. The number of halogens is 2. The second-order valence-corrected chi connectivity index (χ2v) is 3.25. The van der Waals surface area contributed by atoms with Crippen molar-refractivity contribution in [2.24, 2.45) is 0 Å². The van der Waals surface area contributed by atoms with Crippen LogP contribution in [-0.2, 0) is 11.3 Å². The first-order valence-corrected chi connectivity index (χ1v) is 4.78. The van der Waals surface area contributed by atoms with Crippen LogP contribution in [0.3, 0.4) is 0 Å². The molecule has 0 heterocycles. The molecule has 0 saturated carbocycles. The summed E-state index contributed by atoms with van der Waals surface area (Å²) in [5, 5.41) is 3.10. The summed E-state index contributed by atoms with van der Waals surface area (Å²) in [6.45, 7) is 1.70. The first-order chi connectivity index (χ1) is 6.75. The lowest BCUT2D eigenvalue weighted by molar-refractivity contribution is 0.124. The van der Waals surface area contributed by atoms with E-state index in [1.807, 2.05) is 7.05 Å². The van der Waals surface area contributed by atoms with Crippen molar-refractivity contribution in [3.8, 4) is 0 Å². The Hall–Kier alpha value is -0.640. The minimum Gasteiger partial charge on any atom is -0.375 e. The van der Waals surface area contributed by atoms with Gasteiger partial charge in [-0.2, -0.15) is 0 Å². The molecule has 0 amide bonds. The summed E-state index contributed by atoms with van der Waals surface area (Å²) in [5.41, 5.74) is 0.683. The molecule has 0 unspecified atom stereocenters. The van der Waals surface area contributed by atoms with Crippen molar-refractivity contribution < 1.29 is 9.13 Å². The molecule has 0 aliphatic heterocycles. The van der Waals surface area contributed by atoms with Gasteiger partial charge in [-0.15, -0.1) is 0 Å². The summed E-state index contributed by atoms with van der Waals surface area (Å²) in [6.07, 6.45) is 0. The molecule has 0 saturated heterocycles. The Kier molecular flexibility index (Phi) is 4.87. The van der Waals surface area contributed by atoms with Gasteiger partial charge in [-0.05, 0) is 18.7 Å². The first kappa shape index (κ1) is 11.4. The van der Waals surface area contributed by atoms with Gasteiger partial charge in [0.1, 0.15) is 5.82 Å². The normalized spacial score (nSPS) is 10.5. The number of likely N-dealkylation sites (N-methyl/N-ethyl adjacent to an activating group) is 1. The molecule has 14 heavy (non-hydrogen) atoms. The molecule has 1 aromatic carbocycles. The zero-order chi connectivity index (χ0) is 10.4. The van der Waals surface area contributed by atoms with Crippen LogP contribution in [0.15, 0.2) is 18.2 Å². The van der Waals surface area contributed by atoms with Crippen molar-refractivity contribution >= 4 is 11.6 Å². The van der Waals surface area contributed by atoms with Gasteiger partial charge in [-0.1, -0.05) is 23.7 Å². The van der Waals surface area contributed by atoms with Gasteiger partial charge in [0.25, 0.3) is 0 Å². The highest BCUT2D eigenvalue weighted by atomic mass is 35.5. The lowest BCUT2D eigenvalue weighted by atomic mass is 10.2. The number of nitrogens with one attached hydrogen (secondary N) is 1. The number of hydrogen-bond acceptors (Lipinski definition) is 2. The monoisotopic (exact) mass is 217 g/mol.